The van der Waals surface area contributed by atoms with Crippen LogP contribution >= 0.6 is 0 Å². The van der Waals surface area contributed by atoms with E-state index in [1.807, 2.05) is 24.4 Å². The lowest BCUT2D eigenvalue weighted by atomic mass is 10.1. The zero-order chi connectivity index (χ0) is 15.1. The second kappa shape index (κ2) is 7.84. The van der Waals surface area contributed by atoms with E-state index in [9.17, 15) is 0 Å². The summed E-state index contributed by atoms with van der Waals surface area (Å²) in [5, 5.41) is 8.10. The van der Waals surface area contributed by atoms with Crippen LogP contribution in [0.5, 0.6) is 5.75 Å². The summed E-state index contributed by atoms with van der Waals surface area (Å²) >= 11 is 0. The van der Waals surface area contributed by atoms with E-state index in [1.54, 1.807) is 7.11 Å². The van der Waals surface area contributed by atoms with Crippen molar-refractivity contribution in [3.05, 3.63) is 30.5 Å². The Labute approximate surface area is 126 Å². The second-order valence-electron chi connectivity index (χ2n) is 5.14. The number of nitrogens with one attached hydrogen (secondary N) is 2. The minimum atomic E-state index is 0.604. The van der Waals surface area contributed by atoms with Gasteiger partial charge >= 0.3 is 0 Å². The molecule has 1 aromatic carbocycles. The van der Waals surface area contributed by atoms with Gasteiger partial charge < -0.3 is 15.4 Å². The minimum Gasteiger partial charge on any atom is -0.497 e. The first-order valence-electron chi connectivity index (χ1n) is 7.68. The van der Waals surface area contributed by atoms with E-state index in [1.165, 1.54) is 12.8 Å². The third-order valence-electron chi connectivity index (χ3n) is 3.77. The number of hydrogen-bond acceptors (Lipinski definition) is 4. The fourth-order valence-electron chi connectivity index (χ4n) is 2.47. The fraction of sp³-hybridized carbons (Fsp3) is 0.471. The van der Waals surface area contributed by atoms with Gasteiger partial charge in [-0.05, 0) is 25.0 Å². The van der Waals surface area contributed by atoms with Gasteiger partial charge in [-0.25, -0.2) is 0 Å². The van der Waals surface area contributed by atoms with Crippen molar-refractivity contribution >= 4 is 16.6 Å². The van der Waals surface area contributed by atoms with Crippen molar-refractivity contribution < 1.29 is 4.74 Å². The molecule has 0 atom stereocenters. The van der Waals surface area contributed by atoms with Crippen LogP contribution in [0.15, 0.2) is 30.5 Å². The van der Waals surface area contributed by atoms with Crippen molar-refractivity contribution in [3.63, 3.8) is 0 Å². The standard InChI is InChI=1S/C17H25N3O/c1-4-14(5-2)18-9-10-19-16-12-15(21-3)11-13-7-6-8-20-17(13)16/h6-8,11-12,14,18-19H,4-5,9-10H2,1-3H3. The van der Waals surface area contributed by atoms with E-state index in [4.69, 9.17) is 4.74 Å². The highest BCUT2D eigenvalue weighted by atomic mass is 16.5. The van der Waals surface area contributed by atoms with Crippen molar-refractivity contribution in [1.82, 2.24) is 10.3 Å². The molecule has 21 heavy (non-hydrogen) atoms. The van der Waals surface area contributed by atoms with Gasteiger partial charge in [0, 0.05) is 36.8 Å². The van der Waals surface area contributed by atoms with Crippen LogP contribution in [0.4, 0.5) is 5.69 Å². The average molecular weight is 287 g/mol. The quantitative estimate of drug-likeness (QED) is 0.730. The molecule has 4 nitrogen and oxygen atoms in total. The molecule has 0 spiro atoms. The lowest BCUT2D eigenvalue weighted by Crippen LogP contribution is -2.32. The Morgan fingerprint density at radius 3 is 2.71 bits per heavy atom. The van der Waals surface area contributed by atoms with Gasteiger partial charge in [-0.2, -0.15) is 0 Å². The number of rotatable bonds is 8. The van der Waals surface area contributed by atoms with Gasteiger partial charge in [-0.15, -0.1) is 0 Å². The largest absolute Gasteiger partial charge is 0.497 e. The Balaban J connectivity index is 2.04. The second-order valence-corrected chi connectivity index (χ2v) is 5.14. The number of nitrogens with zero attached hydrogens (tertiary/aromatic N) is 1. The van der Waals surface area contributed by atoms with Crippen LogP contribution in [-0.2, 0) is 0 Å². The van der Waals surface area contributed by atoms with Gasteiger partial charge in [0.1, 0.15) is 5.75 Å². The van der Waals surface area contributed by atoms with Gasteiger partial charge in [0.25, 0.3) is 0 Å². The van der Waals surface area contributed by atoms with E-state index in [2.05, 4.69) is 35.5 Å². The molecule has 2 aromatic rings. The summed E-state index contributed by atoms with van der Waals surface area (Å²) in [4.78, 5) is 4.46. The Kier molecular flexibility index (Phi) is 5.81. The zero-order valence-electron chi connectivity index (χ0n) is 13.1. The number of anilines is 1. The van der Waals surface area contributed by atoms with Crippen molar-refractivity contribution in [2.24, 2.45) is 0 Å². The Bertz CT molecular complexity index is 567. The Morgan fingerprint density at radius 2 is 2.00 bits per heavy atom. The summed E-state index contributed by atoms with van der Waals surface area (Å²) in [6, 6.07) is 8.62. The zero-order valence-corrected chi connectivity index (χ0v) is 13.1. The predicted molar refractivity (Wildman–Crippen MR) is 89.2 cm³/mol. The number of hydrogen-bond donors (Lipinski definition) is 2. The molecule has 4 heteroatoms. The van der Waals surface area contributed by atoms with Gasteiger partial charge in [0.2, 0.25) is 0 Å². The minimum absolute atomic E-state index is 0.604. The first-order chi connectivity index (χ1) is 10.3. The highest BCUT2D eigenvalue weighted by Crippen LogP contribution is 2.27. The molecule has 0 fully saturated rings. The summed E-state index contributed by atoms with van der Waals surface area (Å²) in [6.07, 6.45) is 4.16. The molecular weight excluding hydrogens is 262 g/mol. The average Bonchev–Trinajstić information content (AvgIpc) is 2.54. The van der Waals surface area contributed by atoms with E-state index in [0.29, 0.717) is 6.04 Å². The topological polar surface area (TPSA) is 46.2 Å². The van der Waals surface area contributed by atoms with Crippen molar-refractivity contribution in [1.29, 1.82) is 0 Å². The van der Waals surface area contributed by atoms with Crippen LogP contribution < -0.4 is 15.4 Å². The predicted octanol–water partition coefficient (Wildman–Crippen LogP) is 3.43. The SMILES string of the molecule is CCC(CC)NCCNc1cc(OC)cc2cccnc12. The van der Waals surface area contributed by atoms with Crippen LogP contribution in [0.3, 0.4) is 0 Å². The van der Waals surface area contributed by atoms with Gasteiger partial charge in [-0.1, -0.05) is 19.9 Å². The summed E-state index contributed by atoms with van der Waals surface area (Å²) in [5.41, 5.74) is 2.01. The summed E-state index contributed by atoms with van der Waals surface area (Å²) in [6.45, 7) is 6.25. The first kappa shape index (κ1) is 15.6. The van der Waals surface area contributed by atoms with Gasteiger partial charge in [-0.3, -0.25) is 4.98 Å². The molecule has 2 N–H and O–H groups in total. The van der Waals surface area contributed by atoms with Gasteiger partial charge in [0.15, 0.2) is 0 Å². The summed E-state index contributed by atoms with van der Waals surface area (Å²) in [7, 11) is 1.69. The number of benzene rings is 1. The summed E-state index contributed by atoms with van der Waals surface area (Å²) < 4.78 is 5.36. The van der Waals surface area contributed by atoms with E-state index < -0.39 is 0 Å². The Morgan fingerprint density at radius 1 is 1.19 bits per heavy atom. The normalized spacial score (nSPS) is 11.0. The van der Waals surface area contributed by atoms with Crippen LogP contribution in [-0.4, -0.2) is 31.2 Å². The molecule has 2 rings (SSSR count). The highest BCUT2D eigenvalue weighted by Gasteiger charge is 2.06. The lowest BCUT2D eigenvalue weighted by Gasteiger charge is -2.16. The van der Waals surface area contributed by atoms with Crippen molar-refractivity contribution in [2.45, 2.75) is 32.7 Å². The van der Waals surface area contributed by atoms with Crippen molar-refractivity contribution in [2.75, 3.05) is 25.5 Å². The molecule has 0 bridgehead atoms. The van der Waals surface area contributed by atoms with Gasteiger partial charge in [0.05, 0.1) is 18.3 Å². The molecule has 1 aromatic heterocycles. The fourth-order valence-corrected chi connectivity index (χ4v) is 2.47. The third kappa shape index (κ3) is 4.08. The van der Waals surface area contributed by atoms with Crippen molar-refractivity contribution in [3.8, 4) is 5.75 Å². The number of pyridine rings is 1. The number of ether oxygens (including phenoxy) is 1. The van der Waals surface area contributed by atoms with E-state index in [-0.39, 0.29) is 0 Å². The van der Waals surface area contributed by atoms with E-state index >= 15 is 0 Å². The monoisotopic (exact) mass is 287 g/mol. The lowest BCUT2D eigenvalue weighted by molar-refractivity contribution is 0.415. The first-order valence-corrected chi connectivity index (χ1v) is 7.68. The molecule has 0 radical (unpaired) electrons. The number of aromatic nitrogens is 1. The van der Waals surface area contributed by atoms with Crippen LogP contribution in [0, 0.1) is 0 Å². The molecule has 0 unspecified atom stereocenters. The number of fused-ring (bicyclic) bond motifs is 1. The van der Waals surface area contributed by atoms with E-state index in [0.717, 1.165) is 35.4 Å². The molecule has 114 valence electrons. The smallest absolute Gasteiger partial charge is 0.121 e. The molecule has 0 aliphatic carbocycles. The maximum Gasteiger partial charge on any atom is 0.121 e. The molecule has 0 saturated heterocycles. The van der Waals surface area contributed by atoms with Crippen LogP contribution in [0.2, 0.25) is 0 Å². The van der Waals surface area contributed by atoms with Crippen LogP contribution in [0.1, 0.15) is 26.7 Å². The molecular formula is C17H25N3O. The van der Waals surface area contributed by atoms with Crippen LogP contribution in [0.25, 0.3) is 10.9 Å². The molecule has 0 saturated carbocycles. The molecule has 0 aliphatic rings. The maximum absolute atomic E-state index is 5.36. The third-order valence-corrected chi connectivity index (χ3v) is 3.77. The molecule has 1 heterocycles. The molecule has 0 aliphatic heterocycles. The maximum atomic E-state index is 5.36. The highest BCUT2D eigenvalue weighted by molar-refractivity contribution is 5.91. The Hall–Kier alpha value is -1.81. The molecule has 0 amide bonds. The number of methoxy groups -OCH3 is 1. The summed E-state index contributed by atoms with van der Waals surface area (Å²) in [5.74, 6) is 0.853.